The van der Waals surface area contributed by atoms with Gasteiger partial charge in [0, 0.05) is 30.9 Å². The molecule has 0 unspecified atom stereocenters. The Bertz CT molecular complexity index is 752. The third kappa shape index (κ3) is 3.59. The van der Waals surface area contributed by atoms with Gasteiger partial charge in [0.25, 0.3) is 5.69 Å². The molecular weight excluding hydrogens is 296 g/mol. The Morgan fingerprint density at radius 2 is 1.78 bits per heavy atom. The quantitative estimate of drug-likeness (QED) is 0.489. The smallest absolute Gasteiger partial charge is 0.356 e. The summed E-state index contributed by atoms with van der Waals surface area (Å²) in [6.07, 6.45) is 1.84. The number of nitrogens with zero attached hydrogens (tertiary/aromatic N) is 2. The molecule has 0 aliphatic rings. The number of hydrogen-bond donors (Lipinski definition) is 0. The molecule has 122 valence electrons. The SMILES string of the molecule is Cc1cn(C)c(C(=O)OC(C)(C)C)c1-c1ccc([N+](=O)[O-])cc1. The van der Waals surface area contributed by atoms with Crippen LogP contribution >= 0.6 is 0 Å². The summed E-state index contributed by atoms with van der Waals surface area (Å²) in [5, 5.41) is 10.8. The van der Waals surface area contributed by atoms with Crippen molar-refractivity contribution in [2.75, 3.05) is 0 Å². The molecule has 0 amide bonds. The number of rotatable bonds is 3. The number of benzene rings is 1. The van der Waals surface area contributed by atoms with Crippen LogP contribution in [-0.4, -0.2) is 21.1 Å². The van der Waals surface area contributed by atoms with Crippen LogP contribution in [0.3, 0.4) is 0 Å². The minimum Gasteiger partial charge on any atom is -0.455 e. The minimum absolute atomic E-state index is 0.0150. The highest BCUT2D eigenvalue weighted by Crippen LogP contribution is 2.31. The highest BCUT2D eigenvalue weighted by molar-refractivity contribution is 5.97. The van der Waals surface area contributed by atoms with Gasteiger partial charge in [-0.3, -0.25) is 10.1 Å². The Balaban J connectivity index is 2.50. The molecule has 0 aliphatic carbocycles. The van der Waals surface area contributed by atoms with Gasteiger partial charge in [0.15, 0.2) is 0 Å². The summed E-state index contributed by atoms with van der Waals surface area (Å²) >= 11 is 0. The number of carbonyl (C=O) groups excluding carboxylic acids is 1. The maximum Gasteiger partial charge on any atom is 0.356 e. The molecule has 23 heavy (non-hydrogen) atoms. The van der Waals surface area contributed by atoms with E-state index in [-0.39, 0.29) is 5.69 Å². The molecule has 0 radical (unpaired) electrons. The molecular formula is C17H20N2O4. The number of nitro groups is 1. The van der Waals surface area contributed by atoms with E-state index in [2.05, 4.69) is 0 Å². The van der Waals surface area contributed by atoms with Gasteiger partial charge in [-0.1, -0.05) is 0 Å². The highest BCUT2D eigenvalue weighted by atomic mass is 16.6. The normalized spacial score (nSPS) is 11.3. The van der Waals surface area contributed by atoms with Crippen molar-refractivity contribution in [3.8, 4) is 11.1 Å². The molecule has 2 aromatic rings. The zero-order valence-corrected chi connectivity index (χ0v) is 13.9. The molecule has 1 aromatic heterocycles. The van der Waals surface area contributed by atoms with Gasteiger partial charge in [0.05, 0.1) is 4.92 Å². The first-order chi connectivity index (χ1) is 10.6. The maximum atomic E-state index is 12.5. The fraction of sp³-hybridized carbons (Fsp3) is 0.353. The molecule has 0 spiro atoms. The van der Waals surface area contributed by atoms with Crippen LogP contribution in [0.15, 0.2) is 30.5 Å². The second kappa shape index (κ2) is 5.87. The Labute approximate surface area is 134 Å². The van der Waals surface area contributed by atoms with Crippen LogP contribution in [0.5, 0.6) is 0 Å². The predicted octanol–water partition coefficient (Wildman–Crippen LogP) is 3.86. The van der Waals surface area contributed by atoms with E-state index in [4.69, 9.17) is 4.74 Å². The Morgan fingerprint density at radius 3 is 2.26 bits per heavy atom. The van der Waals surface area contributed by atoms with E-state index < -0.39 is 16.5 Å². The largest absolute Gasteiger partial charge is 0.455 e. The van der Waals surface area contributed by atoms with E-state index in [1.54, 1.807) is 23.7 Å². The van der Waals surface area contributed by atoms with Gasteiger partial charge in [-0.05, 0) is 51.0 Å². The van der Waals surface area contributed by atoms with Crippen molar-refractivity contribution in [3.63, 3.8) is 0 Å². The van der Waals surface area contributed by atoms with Gasteiger partial charge < -0.3 is 9.30 Å². The average Bonchev–Trinajstić information content (AvgIpc) is 2.71. The molecule has 0 atom stereocenters. The summed E-state index contributed by atoms with van der Waals surface area (Å²) in [5.41, 5.74) is 2.24. The van der Waals surface area contributed by atoms with Crippen molar-refractivity contribution in [1.82, 2.24) is 4.57 Å². The average molecular weight is 316 g/mol. The molecule has 2 rings (SSSR count). The van der Waals surface area contributed by atoms with Gasteiger partial charge in [-0.2, -0.15) is 0 Å². The number of nitro benzene ring substituents is 1. The molecule has 0 bridgehead atoms. The lowest BCUT2D eigenvalue weighted by Gasteiger charge is -2.20. The van der Waals surface area contributed by atoms with Gasteiger partial charge in [-0.25, -0.2) is 4.79 Å². The number of aryl methyl sites for hydroxylation is 2. The summed E-state index contributed by atoms with van der Waals surface area (Å²) in [6, 6.07) is 6.16. The third-order valence-corrected chi connectivity index (χ3v) is 3.33. The van der Waals surface area contributed by atoms with Crippen LogP contribution in [0.1, 0.15) is 36.8 Å². The van der Waals surface area contributed by atoms with Crippen LogP contribution in [0.2, 0.25) is 0 Å². The van der Waals surface area contributed by atoms with Crippen molar-refractivity contribution in [2.45, 2.75) is 33.3 Å². The first-order valence-electron chi connectivity index (χ1n) is 7.24. The fourth-order valence-corrected chi connectivity index (χ4v) is 2.47. The maximum absolute atomic E-state index is 12.5. The van der Waals surface area contributed by atoms with Crippen molar-refractivity contribution in [3.05, 3.63) is 51.8 Å². The van der Waals surface area contributed by atoms with Crippen molar-refractivity contribution >= 4 is 11.7 Å². The third-order valence-electron chi connectivity index (χ3n) is 3.33. The number of aromatic nitrogens is 1. The number of non-ortho nitro benzene ring substituents is 1. The zero-order valence-electron chi connectivity index (χ0n) is 13.9. The molecule has 0 N–H and O–H groups in total. The summed E-state index contributed by atoms with van der Waals surface area (Å²) in [5.74, 6) is -0.415. The molecule has 0 saturated carbocycles. The fourth-order valence-electron chi connectivity index (χ4n) is 2.47. The molecule has 0 aliphatic heterocycles. The molecule has 0 saturated heterocycles. The summed E-state index contributed by atoms with van der Waals surface area (Å²) in [7, 11) is 1.78. The van der Waals surface area contributed by atoms with E-state index in [0.717, 1.165) is 16.7 Å². The summed E-state index contributed by atoms with van der Waals surface area (Å²) in [6.45, 7) is 7.33. The highest BCUT2D eigenvalue weighted by Gasteiger charge is 2.25. The second-order valence-corrected chi connectivity index (χ2v) is 6.45. The van der Waals surface area contributed by atoms with E-state index in [1.165, 1.54) is 12.1 Å². The standard InChI is InChI=1S/C17H20N2O4/c1-11-10-18(5)15(16(20)23-17(2,3)4)14(11)12-6-8-13(9-7-12)19(21)22/h6-10H,1-5H3. The van der Waals surface area contributed by atoms with E-state index in [0.29, 0.717) is 5.69 Å². The molecule has 6 heteroatoms. The Kier molecular flexibility index (Phi) is 4.27. The second-order valence-electron chi connectivity index (χ2n) is 6.45. The molecule has 1 aromatic carbocycles. The van der Waals surface area contributed by atoms with Gasteiger partial charge in [-0.15, -0.1) is 0 Å². The van der Waals surface area contributed by atoms with E-state index in [9.17, 15) is 14.9 Å². The summed E-state index contributed by atoms with van der Waals surface area (Å²) in [4.78, 5) is 22.8. The first-order valence-corrected chi connectivity index (χ1v) is 7.24. The van der Waals surface area contributed by atoms with E-state index >= 15 is 0 Å². The number of carbonyl (C=O) groups is 1. The lowest BCUT2D eigenvalue weighted by molar-refractivity contribution is -0.384. The Morgan fingerprint density at radius 1 is 1.22 bits per heavy atom. The van der Waals surface area contributed by atoms with Crippen LogP contribution in [0, 0.1) is 17.0 Å². The predicted molar refractivity (Wildman–Crippen MR) is 87.4 cm³/mol. The van der Waals surface area contributed by atoms with Crippen molar-refractivity contribution in [1.29, 1.82) is 0 Å². The zero-order chi connectivity index (χ0) is 17.4. The van der Waals surface area contributed by atoms with Gasteiger partial charge in [0.1, 0.15) is 11.3 Å². The molecule has 1 heterocycles. The molecule has 6 nitrogen and oxygen atoms in total. The van der Waals surface area contributed by atoms with Crippen LogP contribution in [0.25, 0.3) is 11.1 Å². The van der Waals surface area contributed by atoms with Crippen LogP contribution in [0.4, 0.5) is 5.69 Å². The van der Waals surface area contributed by atoms with Gasteiger partial charge >= 0.3 is 5.97 Å². The van der Waals surface area contributed by atoms with Gasteiger partial charge in [0.2, 0.25) is 0 Å². The number of ether oxygens (including phenoxy) is 1. The van der Waals surface area contributed by atoms with Crippen molar-refractivity contribution in [2.24, 2.45) is 7.05 Å². The molecule has 0 fully saturated rings. The minimum atomic E-state index is -0.595. The van der Waals surface area contributed by atoms with E-state index in [1.807, 2.05) is 33.9 Å². The lowest BCUT2D eigenvalue weighted by Crippen LogP contribution is -2.25. The van der Waals surface area contributed by atoms with Crippen LogP contribution in [-0.2, 0) is 11.8 Å². The first kappa shape index (κ1) is 16.7. The monoisotopic (exact) mass is 316 g/mol. The Hall–Kier alpha value is -2.63. The topological polar surface area (TPSA) is 74.4 Å². The summed E-state index contributed by atoms with van der Waals surface area (Å²) < 4.78 is 7.20. The number of esters is 1. The lowest BCUT2D eigenvalue weighted by atomic mass is 10.0. The van der Waals surface area contributed by atoms with Crippen LogP contribution < -0.4 is 0 Å². The van der Waals surface area contributed by atoms with Crippen molar-refractivity contribution < 1.29 is 14.5 Å². The number of hydrogen-bond acceptors (Lipinski definition) is 4.